The van der Waals surface area contributed by atoms with Crippen molar-refractivity contribution in [3.63, 3.8) is 0 Å². The van der Waals surface area contributed by atoms with Gasteiger partial charge >= 0.3 is 5.97 Å². The van der Waals surface area contributed by atoms with E-state index >= 15 is 0 Å². The second-order valence-electron chi connectivity index (χ2n) is 4.18. The molecule has 0 aliphatic carbocycles. The zero-order valence-electron chi connectivity index (χ0n) is 10.9. The number of hydrogen-bond acceptors (Lipinski definition) is 5. The molecule has 0 aliphatic rings. The van der Waals surface area contributed by atoms with E-state index in [2.05, 4.69) is 4.74 Å². The molecule has 0 saturated carbocycles. The highest BCUT2D eigenvalue weighted by molar-refractivity contribution is 7.99. The van der Waals surface area contributed by atoms with E-state index in [0.717, 1.165) is 16.4 Å². The Balaban J connectivity index is 2.43. The first kappa shape index (κ1) is 14.9. The van der Waals surface area contributed by atoms with Crippen LogP contribution < -0.4 is 10.5 Å². The van der Waals surface area contributed by atoms with Gasteiger partial charge in [0, 0.05) is 10.6 Å². The molecule has 1 aromatic rings. The topological polar surface area (TPSA) is 61.5 Å². The number of rotatable bonds is 6. The van der Waals surface area contributed by atoms with Crippen LogP contribution in [0.3, 0.4) is 0 Å². The maximum absolute atomic E-state index is 11.4. The molecule has 1 atom stereocenters. The van der Waals surface area contributed by atoms with Crippen molar-refractivity contribution in [1.29, 1.82) is 0 Å². The van der Waals surface area contributed by atoms with Gasteiger partial charge in [-0.05, 0) is 37.6 Å². The molecule has 0 fully saturated rings. The fourth-order valence-corrected chi connectivity index (χ4v) is 2.48. The van der Waals surface area contributed by atoms with Gasteiger partial charge < -0.3 is 15.2 Å². The van der Waals surface area contributed by atoms with Crippen molar-refractivity contribution in [2.75, 3.05) is 20.0 Å². The molecule has 0 heterocycles. The van der Waals surface area contributed by atoms with Crippen LogP contribution in [0.5, 0.6) is 5.75 Å². The molecule has 0 amide bonds. The Labute approximate surface area is 112 Å². The minimum atomic E-state index is -0.922. The molecular weight excluding hydrogens is 250 g/mol. The molecule has 0 spiro atoms. The van der Waals surface area contributed by atoms with Crippen molar-refractivity contribution in [2.45, 2.75) is 23.8 Å². The van der Waals surface area contributed by atoms with Crippen LogP contribution in [0.15, 0.2) is 29.2 Å². The van der Waals surface area contributed by atoms with E-state index in [-0.39, 0.29) is 5.97 Å². The van der Waals surface area contributed by atoms with Gasteiger partial charge in [-0.15, -0.1) is 11.8 Å². The molecule has 18 heavy (non-hydrogen) atoms. The van der Waals surface area contributed by atoms with Gasteiger partial charge in [0.2, 0.25) is 0 Å². The van der Waals surface area contributed by atoms with Crippen LogP contribution in [0.2, 0.25) is 0 Å². The zero-order chi connectivity index (χ0) is 13.6. The molecule has 0 aliphatic heterocycles. The van der Waals surface area contributed by atoms with Crippen molar-refractivity contribution in [3.05, 3.63) is 24.3 Å². The van der Waals surface area contributed by atoms with E-state index < -0.39 is 5.54 Å². The third kappa shape index (κ3) is 4.23. The van der Waals surface area contributed by atoms with Gasteiger partial charge in [0.1, 0.15) is 11.3 Å². The van der Waals surface area contributed by atoms with Crippen LogP contribution in [0.1, 0.15) is 13.3 Å². The fourth-order valence-electron chi connectivity index (χ4n) is 1.39. The van der Waals surface area contributed by atoms with Gasteiger partial charge in [-0.25, -0.2) is 0 Å². The first-order valence-electron chi connectivity index (χ1n) is 5.64. The summed E-state index contributed by atoms with van der Waals surface area (Å²) < 4.78 is 9.74. The summed E-state index contributed by atoms with van der Waals surface area (Å²) in [6.45, 7) is 1.69. The first-order valence-corrected chi connectivity index (χ1v) is 6.62. The summed E-state index contributed by atoms with van der Waals surface area (Å²) in [5, 5.41) is 0. The lowest BCUT2D eigenvalue weighted by Gasteiger charge is -2.20. The van der Waals surface area contributed by atoms with Gasteiger partial charge in [0.15, 0.2) is 0 Å². The van der Waals surface area contributed by atoms with E-state index in [1.807, 2.05) is 24.3 Å². The van der Waals surface area contributed by atoms with Gasteiger partial charge in [0.25, 0.3) is 0 Å². The summed E-state index contributed by atoms with van der Waals surface area (Å²) in [7, 11) is 2.99. The lowest BCUT2D eigenvalue weighted by atomic mass is 10.0. The Morgan fingerprint density at radius 3 is 2.44 bits per heavy atom. The van der Waals surface area contributed by atoms with Crippen molar-refractivity contribution in [2.24, 2.45) is 5.73 Å². The number of thioether (sulfide) groups is 1. The lowest BCUT2D eigenvalue weighted by molar-refractivity contribution is -0.146. The molecular formula is C13H19NO3S. The number of carbonyl (C=O) groups is 1. The SMILES string of the molecule is COC(=O)C(C)(N)CCSc1ccc(OC)cc1. The monoisotopic (exact) mass is 269 g/mol. The molecule has 0 bridgehead atoms. The zero-order valence-corrected chi connectivity index (χ0v) is 11.8. The molecule has 5 heteroatoms. The number of hydrogen-bond donors (Lipinski definition) is 1. The maximum atomic E-state index is 11.4. The number of esters is 1. The van der Waals surface area contributed by atoms with E-state index in [0.29, 0.717) is 6.42 Å². The van der Waals surface area contributed by atoms with Crippen LogP contribution in [-0.4, -0.2) is 31.5 Å². The summed E-state index contributed by atoms with van der Waals surface area (Å²) in [6, 6.07) is 7.78. The molecule has 1 rings (SSSR count). The molecule has 0 aromatic heterocycles. The Bertz CT molecular complexity index is 390. The number of benzene rings is 1. The van der Waals surface area contributed by atoms with E-state index in [1.165, 1.54) is 7.11 Å². The largest absolute Gasteiger partial charge is 0.497 e. The summed E-state index contributed by atoms with van der Waals surface area (Å²) in [5.74, 6) is 1.21. The fraction of sp³-hybridized carbons (Fsp3) is 0.462. The smallest absolute Gasteiger partial charge is 0.325 e. The highest BCUT2D eigenvalue weighted by Crippen LogP contribution is 2.23. The van der Waals surface area contributed by atoms with Gasteiger partial charge in [0.05, 0.1) is 14.2 Å². The molecule has 0 saturated heterocycles. The average Bonchev–Trinajstić information content (AvgIpc) is 2.38. The normalized spacial score (nSPS) is 13.8. The van der Waals surface area contributed by atoms with Crippen LogP contribution in [0.25, 0.3) is 0 Å². The summed E-state index contributed by atoms with van der Waals surface area (Å²) in [4.78, 5) is 12.5. The van der Waals surface area contributed by atoms with Crippen LogP contribution >= 0.6 is 11.8 Å². The predicted molar refractivity (Wildman–Crippen MR) is 72.9 cm³/mol. The Hall–Kier alpha value is -1.20. The van der Waals surface area contributed by atoms with Crippen molar-refractivity contribution >= 4 is 17.7 Å². The van der Waals surface area contributed by atoms with Crippen LogP contribution in [-0.2, 0) is 9.53 Å². The van der Waals surface area contributed by atoms with Gasteiger partial charge in [-0.2, -0.15) is 0 Å². The van der Waals surface area contributed by atoms with E-state index in [4.69, 9.17) is 10.5 Å². The number of methoxy groups -OCH3 is 2. The van der Waals surface area contributed by atoms with Crippen LogP contribution in [0.4, 0.5) is 0 Å². The number of carbonyl (C=O) groups excluding carboxylic acids is 1. The predicted octanol–water partition coefficient (Wildman–Crippen LogP) is 2.07. The van der Waals surface area contributed by atoms with Gasteiger partial charge in [-0.3, -0.25) is 4.79 Å². The number of nitrogens with two attached hydrogens (primary N) is 1. The van der Waals surface area contributed by atoms with E-state index in [1.54, 1.807) is 25.8 Å². The molecule has 1 unspecified atom stereocenters. The van der Waals surface area contributed by atoms with Crippen molar-refractivity contribution < 1.29 is 14.3 Å². The van der Waals surface area contributed by atoms with Gasteiger partial charge in [-0.1, -0.05) is 0 Å². The Morgan fingerprint density at radius 2 is 1.94 bits per heavy atom. The third-order valence-electron chi connectivity index (χ3n) is 2.60. The standard InChI is InChI=1S/C13H19NO3S/c1-13(14,12(15)17-3)8-9-18-11-6-4-10(16-2)5-7-11/h4-7H,8-9,14H2,1-3H3. The lowest BCUT2D eigenvalue weighted by Crippen LogP contribution is -2.46. The number of ether oxygens (including phenoxy) is 2. The van der Waals surface area contributed by atoms with Crippen molar-refractivity contribution in [3.8, 4) is 5.75 Å². The molecule has 100 valence electrons. The molecule has 0 radical (unpaired) electrons. The van der Waals surface area contributed by atoms with E-state index in [9.17, 15) is 4.79 Å². The molecule has 2 N–H and O–H groups in total. The highest BCUT2D eigenvalue weighted by Gasteiger charge is 2.28. The quantitative estimate of drug-likeness (QED) is 0.633. The maximum Gasteiger partial charge on any atom is 0.325 e. The summed E-state index contributed by atoms with van der Waals surface area (Å²) in [5.41, 5.74) is 4.95. The molecule has 4 nitrogen and oxygen atoms in total. The first-order chi connectivity index (χ1) is 8.49. The minimum absolute atomic E-state index is 0.377. The summed E-state index contributed by atoms with van der Waals surface area (Å²) in [6.07, 6.45) is 0.566. The summed E-state index contributed by atoms with van der Waals surface area (Å²) >= 11 is 1.65. The van der Waals surface area contributed by atoms with Crippen LogP contribution in [0, 0.1) is 0 Å². The Kier molecular flexibility index (Phi) is 5.50. The molecule has 1 aromatic carbocycles. The minimum Gasteiger partial charge on any atom is -0.497 e. The van der Waals surface area contributed by atoms with Crippen molar-refractivity contribution in [1.82, 2.24) is 0 Å². The highest BCUT2D eigenvalue weighted by atomic mass is 32.2. The Morgan fingerprint density at radius 1 is 1.33 bits per heavy atom. The third-order valence-corrected chi connectivity index (χ3v) is 3.62. The second kappa shape index (κ2) is 6.66. The second-order valence-corrected chi connectivity index (χ2v) is 5.35. The average molecular weight is 269 g/mol.